The Balaban J connectivity index is 1.58. The molecule has 1 heterocycles. The fourth-order valence-electron chi connectivity index (χ4n) is 3.37. The van der Waals surface area contributed by atoms with Crippen molar-refractivity contribution in [2.24, 2.45) is 5.92 Å². The van der Waals surface area contributed by atoms with Gasteiger partial charge in [0.2, 0.25) is 15.9 Å². The van der Waals surface area contributed by atoms with Crippen LogP contribution in [0.2, 0.25) is 0 Å². The predicted molar refractivity (Wildman–Crippen MR) is 110 cm³/mol. The summed E-state index contributed by atoms with van der Waals surface area (Å²) in [5.41, 5.74) is 0.604. The van der Waals surface area contributed by atoms with Gasteiger partial charge in [-0.1, -0.05) is 12.1 Å². The number of hydrogen-bond acceptors (Lipinski definition) is 5. The van der Waals surface area contributed by atoms with Crippen LogP contribution in [-0.4, -0.2) is 43.9 Å². The lowest BCUT2D eigenvalue weighted by Crippen LogP contribution is -2.41. The summed E-state index contributed by atoms with van der Waals surface area (Å²) in [4.78, 5) is 24.1. The average Bonchev–Trinajstić information content (AvgIpc) is 2.74. The average molecular weight is 470 g/mol. The van der Waals surface area contributed by atoms with E-state index in [2.05, 4.69) is 10.1 Å². The summed E-state index contributed by atoms with van der Waals surface area (Å²) in [6, 6.07) is 10.6. The van der Waals surface area contributed by atoms with Crippen molar-refractivity contribution >= 4 is 27.4 Å². The van der Waals surface area contributed by atoms with E-state index in [-0.39, 0.29) is 42.5 Å². The van der Waals surface area contributed by atoms with E-state index < -0.39 is 28.1 Å². The lowest BCUT2D eigenvalue weighted by molar-refractivity contribution is -0.274. The second-order valence-corrected chi connectivity index (χ2v) is 9.26. The van der Waals surface area contributed by atoms with Gasteiger partial charge in [-0.05, 0) is 56.2 Å². The molecule has 0 unspecified atom stereocenters. The normalized spacial score (nSPS) is 15.9. The van der Waals surface area contributed by atoms with Gasteiger partial charge in [0.05, 0.1) is 4.90 Å². The molecule has 1 aliphatic rings. The van der Waals surface area contributed by atoms with Crippen LogP contribution in [0, 0.1) is 5.92 Å². The lowest BCUT2D eigenvalue weighted by atomic mass is 9.97. The predicted octanol–water partition coefficient (Wildman–Crippen LogP) is 3.83. The van der Waals surface area contributed by atoms with Crippen molar-refractivity contribution in [3.05, 3.63) is 54.1 Å². The van der Waals surface area contributed by atoms with E-state index in [4.69, 9.17) is 0 Å². The van der Waals surface area contributed by atoms with Gasteiger partial charge in [0, 0.05) is 30.3 Å². The highest BCUT2D eigenvalue weighted by atomic mass is 32.2. The Labute approximate surface area is 183 Å². The topological polar surface area (TPSA) is 92.8 Å². The molecule has 0 spiro atoms. The summed E-state index contributed by atoms with van der Waals surface area (Å²) in [5.74, 6) is -1.43. The summed E-state index contributed by atoms with van der Waals surface area (Å²) in [6.45, 7) is 1.61. The van der Waals surface area contributed by atoms with Crippen LogP contribution in [0.15, 0.2) is 53.4 Å². The maximum absolute atomic E-state index is 12.9. The molecule has 2 aromatic rings. The zero-order valence-electron chi connectivity index (χ0n) is 17.1. The van der Waals surface area contributed by atoms with Crippen molar-refractivity contribution in [3.8, 4) is 5.75 Å². The van der Waals surface area contributed by atoms with Gasteiger partial charge >= 0.3 is 6.36 Å². The Kier molecular flexibility index (Phi) is 6.89. The number of halogens is 3. The maximum atomic E-state index is 12.9. The summed E-state index contributed by atoms with van der Waals surface area (Å²) in [7, 11) is -3.80. The van der Waals surface area contributed by atoms with E-state index in [0.717, 1.165) is 12.1 Å². The molecule has 11 heteroatoms. The second kappa shape index (κ2) is 9.29. The first-order chi connectivity index (χ1) is 15.0. The molecule has 1 aliphatic heterocycles. The molecular weight excluding hydrogens is 449 g/mol. The zero-order chi connectivity index (χ0) is 23.5. The van der Waals surface area contributed by atoms with E-state index in [9.17, 15) is 31.2 Å². The van der Waals surface area contributed by atoms with Crippen LogP contribution in [0.1, 0.15) is 30.1 Å². The second-order valence-electron chi connectivity index (χ2n) is 7.32. The van der Waals surface area contributed by atoms with Crippen molar-refractivity contribution in [1.29, 1.82) is 0 Å². The number of carbonyl (C=O) groups excluding carboxylic acids is 2. The fourth-order valence-corrected chi connectivity index (χ4v) is 4.88. The number of carbonyl (C=O) groups is 2. The minimum absolute atomic E-state index is 0.0225. The van der Waals surface area contributed by atoms with Gasteiger partial charge in [0.15, 0.2) is 5.78 Å². The molecule has 2 aromatic carbocycles. The molecule has 7 nitrogen and oxygen atoms in total. The number of ketones is 1. The minimum Gasteiger partial charge on any atom is -0.406 e. The Bertz CT molecular complexity index is 1090. The maximum Gasteiger partial charge on any atom is 0.573 e. The number of piperidine rings is 1. The number of amides is 1. The van der Waals surface area contributed by atoms with Gasteiger partial charge in [-0.25, -0.2) is 8.42 Å². The largest absolute Gasteiger partial charge is 0.573 e. The van der Waals surface area contributed by atoms with Crippen LogP contribution in [0.3, 0.4) is 0 Å². The van der Waals surface area contributed by atoms with E-state index in [1.807, 2.05) is 0 Å². The van der Waals surface area contributed by atoms with E-state index in [1.54, 1.807) is 6.07 Å². The number of ether oxygens (including phenoxy) is 1. The fraction of sp³-hybridized carbons (Fsp3) is 0.333. The molecular formula is C21H21F3N2O5S. The Morgan fingerprint density at radius 1 is 1.06 bits per heavy atom. The van der Waals surface area contributed by atoms with Gasteiger partial charge < -0.3 is 10.1 Å². The summed E-state index contributed by atoms with van der Waals surface area (Å²) in [6.07, 6.45) is -4.23. The van der Waals surface area contributed by atoms with Crippen LogP contribution in [0.4, 0.5) is 18.9 Å². The standard InChI is InChI=1S/C21H21F3N2O5S/c1-14(27)16-3-2-4-19(13-16)32(29,30)26-11-9-15(10-12-26)20(28)25-17-5-7-18(8-6-17)31-21(22,23)24/h2-8,13,15H,9-12H2,1H3,(H,25,28). The molecule has 0 atom stereocenters. The third-order valence-electron chi connectivity index (χ3n) is 5.06. The monoisotopic (exact) mass is 470 g/mol. The summed E-state index contributed by atoms with van der Waals surface area (Å²) >= 11 is 0. The number of nitrogens with zero attached hydrogens (tertiary/aromatic N) is 1. The number of anilines is 1. The highest BCUT2D eigenvalue weighted by molar-refractivity contribution is 7.89. The van der Waals surface area contributed by atoms with Gasteiger partial charge in [0.1, 0.15) is 5.75 Å². The number of hydrogen-bond donors (Lipinski definition) is 1. The molecule has 0 aromatic heterocycles. The van der Waals surface area contributed by atoms with Crippen LogP contribution < -0.4 is 10.1 Å². The van der Waals surface area contributed by atoms with Gasteiger partial charge in [-0.3, -0.25) is 9.59 Å². The summed E-state index contributed by atoms with van der Waals surface area (Å²) < 4.78 is 67.5. The van der Waals surface area contributed by atoms with E-state index in [0.29, 0.717) is 11.3 Å². The summed E-state index contributed by atoms with van der Waals surface area (Å²) in [5, 5.41) is 2.63. The highest BCUT2D eigenvalue weighted by Gasteiger charge is 2.33. The van der Waals surface area contributed by atoms with Crippen molar-refractivity contribution in [3.63, 3.8) is 0 Å². The third-order valence-corrected chi connectivity index (χ3v) is 6.95. The minimum atomic E-state index is -4.80. The van der Waals surface area contributed by atoms with Crippen LogP contribution in [-0.2, 0) is 14.8 Å². The quantitative estimate of drug-likeness (QED) is 0.648. The lowest BCUT2D eigenvalue weighted by Gasteiger charge is -2.30. The number of nitrogens with one attached hydrogen (secondary N) is 1. The molecule has 0 radical (unpaired) electrons. The van der Waals surface area contributed by atoms with Crippen molar-refractivity contribution in [2.75, 3.05) is 18.4 Å². The number of alkyl halides is 3. The molecule has 172 valence electrons. The van der Waals surface area contributed by atoms with E-state index in [1.165, 1.54) is 41.6 Å². The molecule has 1 fully saturated rings. The highest BCUT2D eigenvalue weighted by Crippen LogP contribution is 2.27. The van der Waals surface area contributed by atoms with Gasteiger partial charge in [-0.15, -0.1) is 13.2 Å². The first-order valence-electron chi connectivity index (χ1n) is 9.73. The number of sulfonamides is 1. The smallest absolute Gasteiger partial charge is 0.406 e. The number of rotatable bonds is 6. The molecule has 32 heavy (non-hydrogen) atoms. The van der Waals surface area contributed by atoms with Crippen molar-refractivity contribution in [1.82, 2.24) is 4.31 Å². The molecule has 1 saturated heterocycles. The van der Waals surface area contributed by atoms with Gasteiger partial charge in [-0.2, -0.15) is 4.31 Å². The SMILES string of the molecule is CC(=O)c1cccc(S(=O)(=O)N2CCC(C(=O)Nc3ccc(OC(F)(F)F)cc3)CC2)c1. The Morgan fingerprint density at radius 2 is 1.69 bits per heavy atom. The zero-order valence-corrected chi connectivity index (χ0v) is 17.9. The third kappa shape index (κ3) is 5.86. The van der Waals surface area contributed by atoms with Crippen molar-refractivity contribution in [2.45, 2.75) is 31.0 Å². The molecule has 0 bridgehead atoms. The Morgan fingerprint density at radius 3 is 2.25 bits per heavy atom. The van der Waals surface area contributed by atoms with Crippen LogP contribution in [0.5, 0.6) is 5.75 Å². The number of benzene rings is 2. The molecule has 1 amide bonds. The first-order valence-corrected chi connectivity index (χ1v) is 11.2. The first kappa shape index (κ1) is 23.7. The molecule has 1 N–H and O–H groups in total. The van der Waals surface area contributed by atoms with E-state index >= 15 is 0 Å². The molecule has 0 saturated carbocycles. The molecule has 3 rings (SSSR count). The van der Waals surface area contributed by atoms with Crippen LogP contribution in [0.25, 0.3) is 0 Å². The molecule has 0 aliphatic carbocycles. The number of Topliss-reactive ketones (excluding diaryl/α,β-unsaturated/α-hetero) is 1. The van der Waals surface area contributed by atoms with Gasteiger partial charge in [0.25, 0.3) is 0 Å². The van der Waals surface area contributed by atoms with Crippen molar-refractivity contribution < 1.29 is 35.9 Å². The van der Waals surface area contributed by atoms with Crippen LogP contribution >= 0.6 is 0 Å². The Hall–Kier alpha value is -2.92.